The number of fused-ring (bicyclic) bond motifs is 2. The molecule has 1 N–H and O–H groups in total. The van der Waals surface area contributed by atoms with Crippen molar-refractivity contribution in [3.63, 3.8) is 0 Å². The zero-order chi connectivity index (χ0) is 10.8. The topological polar surface area (TPSA) is 21.3 Å². The van der Waals surface area contributed by atoms with Crippen LogP contribution < -0.4 is 5.32 Å². The van der Waals surface area contributed by atoms with Crippen LogP contribution in [0.3, 0.4) is 0 Å². The lowest BCUT2D eigenvalue weighted by Gasteiger charge is -2.57. The third kappa shape index (κ3) is 1.15. The number of nitrogens with one attached hydrogen (secondary N) is 1. The lowest BCUT2D eigenvalue weighted by molar-refractivity contribution is -0.131. The molecule has 3 saturated carbocycles. The number of hydrogen-bond donors (Lipinski definition) is 1. The van der Waals surface area contributed by atoms with E-state index < -0.39 is 0 Å². The molecule has 0 bridgehead atoms. The molecule has 3 aliphatic carbocycles. The molecule has 4 aliphatic rings. The molecule has 0 aromatic rings. The van der Waals surface area contributed by atoms with Crippen LogP contribution in [-0.4, -0.2) is 24.8 Å². The van der Waals surface area contributed by atoms with E-state index in [4.69, 9.17) is 4.74 Å². The first-order valence-corrected chi connectivity index (χ1v) is 7.19. The summed E-state index contributed by atoms with van der Waals surface area (Å²) in [7, 11) is 0. The van der Waals surface area contributed by atoms with Gasteiger partial charge in [-0.15, -0.1) is 0 Å². The lowest BCUT2D eigenvalue weighted by Crippen LogP contribution is -2.67. The normalized spacial score (nSPS) is 52.7. The van der Waals surface area contributed by atoms with E-state index >= 15 is 0 Å². The molecule has 0 radical (unpaired) electrons. The van der Waals surface area contributed by atoms with Gasteiger partial charge in [-0.25, -0.2) is 0 Å². The number of ether oxygens (including phenoxy) is 1. The first kappa shape index (κ1) is 9.90. The fraction of sp³-hybridized carbons (Fsp3) is 1.00. The average molecular weight is 221 g/mol. The van der Waals surface area contributed by atoms with E-state index in [-0.39, 0.29) is 0 Å². The van der Waals surface area contributed by atoms with Gasteiger partial charge < -0.3 is 10.1 Å². The molecular formula is C14H23NO. The maximum absolute atomic E-state index is 6.01. The summed E-state index contributed by atoms with van der Waals surface area (Å²) in [5.74, 6) is 1.78. The van der Waals surface area contributed by atoms with Crippen molar-refractivity contribution in [3.8, 4) is 0 Å². The average Bonchev–Trinajstić information content (AvgIpc) is 2.80. The molecule has 4 fully saturated rings. The van der Waals surface area contributed by atoms with Crippen molar-refractivity contribution in [2.45, 2.75) is 63.6 Å². The van der Waals surface area contributed by atoms with Gasteiger partial charge in [-0.3, -0.25) is 0 Å². The molecule has 0 amide bonds. The van der Waals surface area contributed by atoms with E-state index in [1.54, 1.807) is 0 Å². The van der Waals surface area contributed by atoms with Gasteiger partial charge in [0.2, 0.25) is 0 Å². The Bertz CT molecular complexity index is 297. The van der Waals surface area contributed by atoms with Crippen LogP contribution in [0.1, 0.15) is 45.4 Å². The standard InChI is InChI=1S/C14H23NO/c1-9-8-11(9)15-12-10-4-7-16-13(10)14(12)5-2-3-6-14/h9-13,15H,2-8H2,1H3. The van der Waals surface area contributed by atoms with Crippen molar-refractivity contribution < 1.29 is 4.74 Å². The Morgan fingerprint density at radius 3 is 2.69 bits per heavy atom. The molecule has 5 unspecified atom stereocenters. The third-order valence-electron chi connectivity index (χ3n) is 5.79. The largest absolute Gasteiger partial charge is 0.377 e. The minimum atomic E-state index is 0.559. The van der Waals surface area contributed by atoms with Crippen LogP contribution in [0.5, 0.6) is 0 Å². The summed E-state index contributed by atoms with van der Waals surface area (Å²) in [5.41, 5.74) is 0.559. The molecule has 1 heterocycles. The Kier molecular flexibility index (Phi) is 2.00. The van der Waals surface area contributed by atoms with Crippen molar-refractivity contribution in [2.75, 3.05) is 6.61 Å². The Labute approximate surface area is 98.1 Å². The van der Waals surface area contributed by atoms with Gasteiger partial charge in [-0.05, 0) is 31.6 Å². The van der Waals surface area contributed by atoms with Crippen LogP contribution in [0.4, 0.5) is 0 Å². The summed E-state index contributed by atoms with van der Waals surface area (Å²) in [6.45, 7) is 3.40. The lowest BCUT2D eigenvalue weighted by atomic mass is 9.54. The molecule has 2 nitrogen and oxygen atoms in total. The van der Waals surface area contributed by atoms with E-state index in [0.29, 0.717) is 11.5 Å². The predicted molar refractivity (Wildman–Crippen MR) is 63.2 cm³/mol. The molecule has 1 spiro atoms. The van der Waals surface area contributed by atoms with E-state index in [9.17, 15) is 0 Å². The van der Waals surface area contributed by atoms with Crippen molar-refractivity contribution in [2.24, 2.45) is 17.3 Å². The van der Waals surface area contributed by atoms with Gasteiger partial charge in [0, 0.05) is 30.0 Å². The van der Waals surface area contributed by atoms with Crippen molar-refractivity contribution in [1.29, 1.82) is 0 Å². The van der Waals surface area contributed by atoms with Crippen molar-refractivity contribution in [1.82, 2.24) is 5.32 Å². The van der Waals surface area contributed by atoms with Crippen LogP contribution in [-0.2, 0) is 4.74 Å². The van der Waals surface area contributed by atoms with Gasteiger partial charge in [-0.2, -0.15) is 0 Å². The second kappa shape index (κ2) is 3.23. The minimum absolute atomic E-state index is 0.559. The molecular weight excluding hydrogens is 198 g/mol. The smallest absolute Gasteiger partial charge is 0.0690 e. The summed E-state index contributed by atoms with van der Waals surface area (Å²) >= 11 is 0. The SMILES string of the molecule is CC1CC1NC1C2CCOC2C12CCCC2. The van der Waals surface area contributed by atoms with Gasteiger partial charge in [0.25, 0.3) is 0 Å². The highest BCUT2D eigenvalue weighted by molar-refractivity contribution is 5.18. The fourth-order valence-electron chi connectivity index (χ4n) is 4.73. The van der Waals surface area contributed by atoms with E-state index in [1.165, 1.54) is 38.5 Å². The van der Waals surface area contributed by atoms with E-state index in [2.05, 4.69) is 12.2 Å². The van der Waals surface area contributed by atoms with Crippen LogP contribution >= 0.6 is 0 Å². The van der Waals surface area contributed by atoms with Crippen molar-refractivity contribution in [3.05, 3.63) is 0 Å². The molecule has 1 aliphatic heterocycles. The summed E-state index contributed by atoms with van der Waals surface area (Å²) in [5, 5.41) is 3.96. The highest BCUT2D eigenvalue weighted by Crippen LogP contribution is 2.61. The minimum Gasteiger partial charge on any atom is -0.377 e. The zero-order valence-corrected chi connectivity index (χ0v) is 10.2. The summed E-state index contributed by atoms with van der Waals surface area (Å²) in [4.78, 5) is 0. The number of rotatable bonds is 2. The highest BCUT2D eigenvalue weighted by atomic mass is 16.5. The molecule has 4 rings (SSSR count). The van der Waals surface area contributed by atoms with Gasteiger partial charge in [0.05, 0.1) is 6.10 Å². The first-order chi connectivity index (χ1) is 7.81. The van der Waals surface area contributed by atoms with Gasteiger partial charge in [0.15, 0.2) is 0 Å². The summed E-state index contributed by atoms with van der Waals surface area (Å²) in [6, 6.07) is 1.64. The van der Waals surface area contributed by atoms with Crippen LogP contribution in [0, 0.1) is 17.3 Å². The molecule has 1 saturated heterocycles. The zero-order valence-electron chi connectivity index (χ0n) is 10.2. The van der Waals surface area contributed by atoms with Crippen LogP contribution in [0.2, 0.25) is 0 Å². The Balaban J connectivity index is 1.54. The monoisotopic (exact) mass is 221 g/mol. The molecule has 16 heavy (non-hydrogen) atoms. The molecule has 0 aromatic carbocycles. The second-order valence-electron chi connectivity index (χ2n) is 6.65. The molecule has 2 heteroatoms. The van der Waals surface area contributed by atoms with E-state index in [1.807, 2.05) is 0 Å². The van der Waals surface area contributed by atoms with Crippen molar-refractivity contribution >= 4 is 0 Å². The maximum atomic E-state index is 6.01. The third-order valence-corrected chi connectivity index (χ3v) is 5.79. The maximum Gasteiger partial charge on any atom is 0.0690 e. The van der Waals surface area contributed by atoms with Crippen LogP contribution in [0.25, 0.3) is 0 Å². The predicted octanol–water partition coefficient (Wildman–Crippen LogP) is 2.33. The first-order valence-electron chi connectivity index (χ1n) is 7.19. The highest BCUT2D eigenvalue weighted by Gasteiger charge is 2.65. The quantitative estimate of drug-likeness (QED) is 0.772. The molecule has 90 valence electrons. The molecule has 0 aromatic heterocycles. The molecule has 5 atom stereocenters. The summed E-state index contributed by atoms with van der Waals surface area (Å²) < 4.78 is 6.01. The van der Waals surface area contributed by atoms with E-state index in [0.717, 1.165) is 30.5 Å². The van der Waals surface area contributed by atoms with Gasteiger partial charge in [-0.1, -0.05) is 19.8 Å². The Morgan fingerprint density at radius 1 is 1.25 bits per heavy atom. The Morgan fingerprint density at radius 2 is 2.00 bits per heavy atom. The van der Waals surface area contributed by atoms with Gasteiger partial charge >= 0.3 is 0 Å². The number of hydrogen-bond acceptors (Lipinski definition) is 2. The fourth-order valence-corrected chi connectivity index (χ4v) is 4.73. The summed E-state index contributed by atoms with van der Waals surface area (Å²) in [6.07, 6.45) is 9.06. The van der Waals surface area contributed by atoms with Gasteiger partial charge in [0.1, 0.15) is 0 Å². The second-order valence-corrected chi connectivity index (χ2v) is 6.65. The Hall–Kier alpha value is -0.0800. The van der Waals surface area contributed by atoms with Crippen LogP contribution in [0.15, 0.2) is 0 Å².